The molecule has 2 aromatic rings. The molecule has 3 unspecified atom stereocenters. The molecule has 2 aromatic carbocycles. The third kappa shape index (κ3) is 5.32. The van der Waals surface area contributed by atoms with Gasteiger partial charge < -0.3 is 20.1 Å². The van der Waals surface area contributed by atoms with Crippen molar-refractivity contribution in [3.63, 3.8) is 0 Å². The van der Waals surface area contributed by atoms with Crippen LogP contribution in [0.5, 0.6) is 5.75 Å². The number of benzene rings is 2. The van der Waals surface area contributed by atoms with Crippen LogP contribution in [0.2, 0.25) is 0 Å². The number of nitrogens with one attached hydrogen (secondary N) is 3. The van der Waals surface area contributed by atoms with Gasteiger partial charge in [0.15, 0.2) is 11.8 Å². The van der Waals surface area contributed by atoms with E-state index >= 15 is 0 Å². The molecular formula is C23H23F6N3O3. The zero-order valence-electron chi connectivity index (χ0n) is 18.3. The van der Waals surface area contributed by atoms with Crippen LogP contribution >= 0.6 is 0 Å². The van der Waals surface area contributed by atoms with Gasteiger partial charge in [0.25, 0.3) is 0 Å². The van der Waals surface area contributed by atoms with E-state index in [0.717, 1.165) is 24.3 Å². The molecule has 0 saturated carbocycles. The van der Waals surface area contributed by atoms with Gasteiger partial charge in [-0.25, -0.2) is 4.79 Å². The number of piperidine rings is 1. The molecule has 6 nitrogen and oxygen atoms in total. The molecule has 190 valence electrons. The summed E-state index contributed by atoms with van der Waals surface area (Å²) in [7, 11) is 0. The van der Waals surface area contributed by atoms with Crippen molar-refractivity contribution in [2.24, 2.45) is 0 Å². The van der Waals surface area contributed by atoms with Crippen LogP contribution in [0.25, 0.3) is 0 Å². The minimum Gasteiger partial charge on any atom is -0.473 e. The van der Waals surface area contributed by atoms with Crippen molar-refractivity contribution < 1.29 is 40.6 Å². The topological polar surface area (TPSA) is 71.6 Å². The van der Waals surface area contributed by atoms with E-state index < -0.39 is 41.8 Å². The van der Waals surface area contributed by atoms with Crippen LogP contribution in [-0.4, -0.2) is 37.6 Å². The number of alkyl halides is 6. The minimum absolute atomic E-state index is 0.0149. The van der Waals surface area contributed by atoms with Gasteiger partial charge in [-0.1, -0.05) is 18.2 Å². The van der Waals surface area contributed by atoms with E-state index in [1.165, 1.54) is 18.2 Å². The lowest BCUT2D eigenvalue weighted by Crippen LogP contribution is -2.57. The number of para-hydroxylation sites is 1. The second-order valence-electron chi connectivity index (χ2n) is 8.33. The number of halogens is 6. The molecule has 2 saturated heterocycles. The summed E-state index contributed by atoms with van der Waals surface area (Å²) in [6.07, 6.45) is -9.06. The maximum Gasteiger partial charge on any atom is 0.421 e. The standard InChI is InChI=1S/C23H23F6N3O3/c24-22(25,26)14-7-9-15(10-8-14)31-20(33)32-17-5-3-12-30-19(17)35-18-6-2-1-4-16(18)21(11-13-34-21)23(27,28)29/h1-2,4,6-10,17,19,30H,3,5,11-13H2,(H2,31,32,33). The molecule has 2 aliphatic rings. The average molecular weight is 503 g/mol. The monoisotopic (exact) mass is 503 g/mol. The van der Waals surface area contributed by atoms with Crippen LogP contribution < -0.4 is 20.7 Å². The molecule has 12 heteroatoms. The fourth-order valence-electron chi connectivity index (χ4n) is 4.14. The molecule has 0 bridgehead atoms. The first-order chi connectivity index (χ1) is 16.5. The molecule has 0 radical (unpaired) electrons. The highest BCUT2D eigenvalue weighted by atomic mass is 19.4. The Morgan fingerprint density at radius 3 is 2.34 bits per heavy atom. The van der Waals surface area contributed by atoms with E-state index in [2.05, 4.69) is 16.0 Å². The first-order valence-electron chi connectivity index (χ1n) is 10.9. The summed E-state index contributed by atoms with van der Waals surface area (Å²) < 4.78 is 90.5. The van der Waals surface area contributed by atoms with Crippen molar-refractivity contribution in [3.8, 4) is 5.75 Å². The van der Waals surface area contributed by atoms with Crippen molar-refractivity contribution in [1.82, 2.24) is 10.6 Å². The molecular weight excluding hydrogens is 480 g/mol. The number of carbonyl (C=O) groups excluding carboxylic acids is 1. The molecule has 2 heterocycles. The molecule has 35 heavy (non-hydrogen) atoms. The van der Waals surface area contributed by atoms with E-state index in [0.29, 0.717) is 19.4 Å². The van der Waals surface area contributed by atoms with E-state index in [1.807, 2.05) is 0 Å². The second-order valence-corrected chi connectivity index (χ2v) is 8.33. The van der Waals surface area contributed by atoms with Gasteiger partial charge in [-0.05, 0) is 49.7 Å². The lowest BCUT2D eigenvalue weighted by molar-refractivity contribution is -0.334. The summed E-state index contributed by atoms with van der Waals surface area (Å²) in [6, 6.07) is 8.39. The molecule has 0 aromatic heterocycles. The number of hydrogen-bond donors (Lipinski definition) is 3. The van der Waals surface area contributed by atoms with Crippen LogP contribution in [0.4, 0.5) is 36.8 Å². The van der Waals surface area contributed by atoms with Gasteiger partial charge in [-0.15, -0.1) is 0 Å². The maximum absolute atomic E-state index is 13.8. The average Bonchev–Trinajstić information content (AvgIpc) is 2.74. The first-order valence-corrected chi connectivity index (χ1v) is 10.9. The zero-order chi connectivity index (χ0) is 25.3. The normalized spacial score (nSPS) is 24.9. The Balaban J connectivity index is 1.45. The molecule has 2 aliphatic heterocycles. The number of ether oxygens (including phenoxy) is 2. The van der Waals surface area contributed by atoms with Crippen molar-refractivity contribution in [2.75, 3.05) is 18.5 Å². The van der Waals surface area contributed by atoms with Crippen molar-refractivity contribution in [1.29, 1.82) is 0 Å². The highest BCUT2D eigenvalue weighted by molar-refractivity contribution is 5.89. The highest BCUT2D eigenvalue weighted by Crippen LogP contribution is 2.52. The van der Waals surface area contributed by atoms with Gasteiger partial charge in [-0.3, -0.25) is 5.32 Å². The maximum atomic E-state index is 13.8. The van der Waals surface area contributed by atoms with Crippen LogP contribution in [0, 0.1) is 0 Å². The Bertz CT molecular complexity index is 1040. The predicted molar refractivity (Wildman–Crippen MR) is 114 cm³/mol. The Labute approximate surface area is 197 Å². The number of anilines is 1. The Morgan fingerprint density at radius 1 is 1.06 bits per heavy atom. The van der Waals surface area contributed by atoms with Gasteiger partial charge >= 0.3 is 18.4 Å². The zero-order valence-corrected chi connectivity index (χ0v) is 18.3. The van der Waals surface area contributed by atoms with Crippen LogP contribution in [0.1, 0.15) is 30.4 Å². The van der Waals surface area contributed by atoms with Crippen LogP contribution in [0.3, 0.4) is 0 Å². The molecule has 3 N–H and O–H groups in total. The van der Waals surface area contributed by atoms with Gasteiger partial charge in [0.05, 0.1) is 18.2 Å². The number of carbonyl (C=O) groups is 1. The quantitative estimate of drug-likeness (QED) is 0.493. The summed E-state index contributed by atoms with van der Waals surface area (Å²) in [5.41, 5.74) is -3.28. The van der Waals surface area contributed by atoms with Crippen LogP contribution in [-0.2, 0) is 16.5 Å². The van der Waals surface area contributed by atoms with E-state index in [1.54, 1.807) is 6.07 Å². The molecule has 0 aliphatic carbocycles. The SMILES string of the molecule is O=C(Nc1ccc(C(F)(F)F)cc1)NC1CCCNC1Oc1ccccc1C1(C(F)(F)F)CCO1. The molecule has 2 amide bonds. The third-order valence-electron chi connectivity index (χ3n) is 6.03. The van der Waals surface area contributed by atoms with E-state index in [4.69, 9.17) is 9.47 Å². The second kappa shape index (κ2) is 9.57. The molecule has 0 spiro atoms. The predicted octanol–water partition coefficient (Wildman–Crippen LogP) is 5.16. The molecule has 4 rings (SSSR count). The Kier molecular flexibility index (Phi) is 6.87. The summed E-state index contributed by atoms with van der Waals surface area (Å²) in [5, 5.41) is 8.19. The lowest BCUT2D eigenvalue weighted by atomic mass is 9.85. The number of amides is 2. The largest absolute Gasteiger partial charge is 0.473 e. The minimum atomic E-state index is -4.64. The van der Waals surface area contributed by atoms with Crippen molar-refractivity contribution >= 4 is 11.7 Å². The van der Waals surface area contributed by atoms with Crippen molar-refractivity contribution in [3.05, 3.63) is 59.7 Å². The highest BCUT2D eigenvalue weighted by Gasteiger charge is 2.62. The van der Waals surface area contributed by atoms with Gasteiger partial charge in [0.2, 0.25) is 0 Å². The summed E-state index contributed by atoms with van der Waals surface area (Å²) >= 11 is 0. The summed E-state index contributed by atoms with van der Waals surface area (Å²) in [5.74, 6) is -0.0149. The lowest BCUT2D eigenvalue weighted by Gasteiger charge is -2.44. The first kappa shape index (κ1) is 25.1. The van der Waals surface area contributed by atoms with E-state index in [9.17, 15) is 31.1 Å². The smallest absolute Gasteiger partial charge is 0.421 e. The Morgan fingerprint density at radius 2 is 1.74 bits per heavy atom. The fraction of sp³-hybridized carbons (Fsp3) is 0.435. The molecule has 2 fully saturated rings. The number of hydrogen-bond acceptors (Lipinski definition) is 4. The summed E-state index contributed by atoms with van der Waals surface area (Å²) in [6.45, 7) is 0.496. The number of urea groups is 1. The van der Waals surface area contributed by atoms with Crippen molar-refractivity contribution in [2.45, 2.75) is 49.5 Å². The summed E-state index contributed by atoms with van der Waals surface area (Å²) in [4.78, 5) is 12.5. The fourth-order valence-corrected chi connectivity index (χ4v) is 4.14. The van der Waals surface area contributed by atoms with Gasteiger partial charge in [-0.2, -0.15) is 26.3 Å². The Hall–Kier alpha value is -2.99. The van der Waals surface area contributed by atoms with E-state index in [-0.39, 0.29) is 30.0 Å². The van der Waals surface area contributed by atoms with Crippen LogP contribution in [0.15, 0.2) is 48.5 Å². The third-order valence-corrected chi connectivity index (χ3v) is 6.03. The van der Waals surface area contributed by atoms with Gasteiger partial charge in [0.1, 0.15) is 5.75 Å². The van der Waals surface area contributed by atoms with Gasteiger partial charge in [0, 0.05) is 17.7 Å². The molecule has 3 atom stereocenters. The number of rotatable bonds is 5.